The number of hydrogen-bond acceptors (Lipinski definition) is 3. The number of nitrogens with one attached hydrogen (secondary N) is 2. The highest BCUT2D eigenvalue weighted by Crippen LogP contribution is 2.36. The van der Waals surface area contributed by atoms with Gasteiger partial charge in [-0.25, -0.2) is 4.39 Å². The number of benzene rings is 2. The molecule has 0 bridgehead atoms. The number of carbonyl (C=O) groups is 1. The van der Waals surface area contributed by atoms with Gasteiger partial charge in [-0.15, -0.1) is 0 Å². The Balaban J connectivity index is 1.90. The fourth-order valence-corrected chi connectivity index (χ4v) is 3.59. The van der Waals surface area contributed by atoms with Gasteiger partial charge in [-0.1, -0.05) is 43.0 Å². The van der Waals surface area contributed by atoms with Gasteiger partial charge in [0.2, 0.25) is 6.41 Å². The fourth-order valence-electron chi connectivity index (χ4n) is 3.42. The molecule has 1 aliphatic rings. The minimum atomic E-state index is -0.643. The average Bonchev–Trinajstić information content (AvgIpc) is 2.91. The van der Waals surface area contributed by atoms with Gasteiger partial charge in [-0.3, -0.25) is 4.79 Å². The normalized spacial score (nSPS) is 15.1. The van der Waals surface area contributed by atoms with E-state index in [4.69, 9.17) is 11.6 Å². The molecule has 3 rings (SSSR count). The molecule has 0 saturated carbocycles. The van der Waals surface area contributed by atoms with E-state index in [0.717, 1.165) is 22.4 Å². The molecular formula is C21H21ClFN3O. The van der Waals surface area contributed by atoms with Gasteiger partial charge in [0, 0.05) is 29.4 Å². The molecule has 0 unspecified atom stereocenters. The van der Waals surface area contributed by atoms with Crippen molar-refractivity contribution in [1.29, 1.82) is 0 Å². The monoisotopic (exact) mass is 385 g/mol. The van der Waals surface area contributed by atoms with Crippen molar-refractivity contribution in [3.05, 3.63) is 89.0 Å². The van der Waals surface area contributed by atoms with Crippen LogP contribution in [-0.4, -0.2) is 17.9 Å². The molecular weight excluding hydrogens is 365 g/mol. The Morgan fingerprint density at radius 2 is 2.04 bits per heavy atom. The molecule has 2 aromatic carbocycles. The Labute approximate surface area is 163 Å². The third kappa shape index (κ3) is 3.98. The zero-order valence-corrected chi connectivity index (χ0v) is 15.8. The molecule has 0 aromatic heterocycles. The van der Waals surface area contributed by atoms with E-state index < -0.39 is 5.54 Å². The first-order valence-corrected chi connectivity index (χ1v) is 8.86. The van der Waals surface area contributed by atoms with E-state index in [-0.39, 0.29) is 5.82 Å². The van der Waals surface area contributed by atoms with Crippen molar-refractivity contribution in [2.24, 2.45) is 0 Å². The SMILES string of the molecule is C=C(NC=O)N[C@@](C)(CN1Cc2ccc(Cl)cc2C1=C)c1ccc(F)cc1. The van der Waals surface area contributed by atoms with Crippen molar-refractivity contribution >= 4 is 23.7 Å². The van der Waals surface area contributed by atoms with Crippen LogP contribution in [0.1, 0.15) is 23.6 Å². The molecule has 0 spiro atoms. The smallest absolute Gasteiger partial charge is 0.212 e. The molecule has 2 N–H and O–H groups in total. The summed E-state index contributed by atoms with van der Waals surface area (Å²) < 4.78 is 13.4. The number of carbonyl (C=O) groups excluding carboxylic acids is 1. The number of hydrogen-bond donors (Lipinski definition) is 2. The van der Waals surface area contributed by atoms with Crippen LogP contribution in [0.15, 0.2) is 61.4 Å². The Bertz CT molecular complexity index is 897. The van der Waals surface area contributed by atoms with Crippen molar-refractivity contribution in [3.8, 4) is 0 Å². The number of amides is 1. The summed E-state index contributed by atoms with van der Waals surface area (Å²) in [4.78, 5) is 12.9. The first-order chi connectivity index (χ1) is 12.8. The van der Waals surface area contributed by atoms with Gasteiger partial charge in [-0.2, -0.15) is 0 Å². The highest BCUT2D eigenvalue weighted by atomic mass is 35.5. The lowest BCUT2D eigenvalue weighted by Gasteiger charge is -2.37. The van der Waals surface area contributed by atoms with Gasteiger partial charge < -0.3 is 15.5 Å². The second-order valence-electron chi connectivity index (χ2n) is 6.81. The maximum Gasteiger partial charge on any atom is 0.212 e. The highest BCUT2D eigenvalue weighted by molar-refractivity contribution is 6.30. The molecule has 0 fully saturated rings. The molecule has 4 nitrogen and oxygen atoms in total. The van der Waals surface area contributed by atoms with E-state index in [1.807, 2.05) is 25.1 Å². The molecule has 6 heteroatoms. The van der Waals surface area contributed by atoms with Gasteiger partial charge >= 0.3 is 0 Å². The number of fused-ring (bicyclic) bond motifs is 1. The van der Waals surface area contributed by atoms with Crippen LogP contribution in [0.25, 0.3) is 5.70 Å². The molecule has 27 heavy (non-hydrogen) atoms. The lowest BCUT2D eigenvalue weighted by atomic mass is 9.91. The van der Waals surface area contributed by atoms with E-state index >= 15 is 0 Å². The standard InChI is InChI=1S/C21H21ClFN3O/c1-14-20-10-18(22)7-4-16(20)11-26(14)12-21(3,25-15(2)24-13-27)17-5-8-19(23)9-6-17/h4-10,13,25H,1-2,11-12H2,3H3,(H,24,27)/t21-/m0/s1. The Morgan fingerprint density at radius 1 is 1.33 bits per heavy atom. The number of halogens is 2. The quantitative estimate of drug-likeness (QED) is 0.708. The van der Waals surface area contributed by atoms with Gasteiger partial charge in [-0.05, 0) is 42.3 Å². The number of nitrogens with zero attached hydrogens (tertiary/aromatic N) is 1. The Kier molecular flexibility index (Phi) is 5.24. The van der Waals surface area contributed by atoms with Gasteiger partial charge in [0.1, 0.15) is 5.82 Å². The third-order valence-electron chi connectivity index (χ3n) is 4.77. The Morgan fingerprint density at radius 3 is 2.70 bits per heavy atom. The van der Waals surface area contributed by atoms with Gasteiger partial charge in [0.15, 0.2) is 0 Å². The van der Waals surface area contributed by atoms with Crippen LogP contribution in [0, 0.1) is 5.82 Å². The maximum absolute atomic E-state index is 13.4. The second kappa shape index (κ2) is 7.45. The summed E-state index contributed by atoms with van der Waals surface area (Å²) >= 11 is 6.12. The molecule has 0 aliphatic carbocycles. The van der Waals surface area contributed by atoms with Crippen molar-refractivity contribution in [1.82, 2.24) is 15.5 Å². The predicted molar refractivity (Wildman–Crippen MR) is 106 cm³/mol. The minimum Gasteiger partial charge on any atom is -0.364 e. The minimum absolute atomic E-state index is 0.307. The summed E-state index contributed by atoms with van der Waals surface area (Å²) in [6.07, 6.45) is 0.563. The summed E-state index contributed by atoms with van der Waals surface area (Å²) in [5.41, 5.74) is 3.26. The van der Waals surface area contributed by atoms with Crippen LogP contribution in [0.2, 0.25) is 5.02 Å². The maximum atomic E-state index is 13.4. The molecule has 0 radical (unpaired) electrons. The van der Waals surface area contributed by atoms with Gasteiger partial charge in [0.05, 0.1) is 11.4 Å². The summed E-state index contributed by atoms with van der Waals surface area (Å²) in [6, 6.07) is 12.0. The molecule has 140 valence electrons. The summed E-state index contributed by atoms with van der Waals surface area (Å²) in [7, 11) is 0. The first-order valence-electron chi connectivity index (χ1n) is 8.48. The fraction of sp³-hybridized carbons (Fsp3) is 0.190. The molecule has 0 saturated heterocycles. The summed E-state index contributed by atoms with van der Waals surface area (Å²) in [6.45, 7) is 11.2. The Hall–Kier alpha value is -2.79. The highest BCUT2D eigenvalue weighted by Gasteiger charge is 2.33. The van der Waals surface area contributed by atoms with Crippen LogP contribution in [0.5, 0.6) is 0 Å². The van der Waals surface area contributed by atoms with E-state index in [1.165, 1.54) is 12.1 Å². The largest absolute Gasteiger partial charge is 0.364 e. The zero-order chi connectivity index (χ0) is 19.6. The van der Waals surface area contributed by atoms with Crippen molar-refractivity contribution < 1.29 is 9.18 Å². The van der Waals surface area contributed by atoms with E-state index in [9.17, 15) is 9.18 Å². The van der Waals surface area contributed by atoms with Crippen molar-refractivity contribution in [2.45, 2.75) is 19.0 Å². The van der Waals surface area contributed by atoms with Crippen molar-refractivity contribution in [3.63, 3.8) is 0 Å². The second-order valence-corrected chi connectivity index (χ2v) is 7.25. The summed E-state index contributed by atoms with van der Waals surface area (Å²) in [5, 5.41) is 6.44. The predicted octanol–water partition coefficient (Wildman–Crippen LogP) is 3.99. The summed E-state index contributed by atoms with van der Waals surface area (Å²) in [5.74, 6) is 0.0563. The topological polar surface area (TPSA) is 44.4 Å². The zero-order valence-electron chi connectivity index (χ0n) is 15.1. The molecule has 1 heterocycles. The first kappa shape index (κ1) is 19.0. The van der Waals surface area contributed by atoms with Crippen LogP contribution < -0.4 is 10.6 Å². The molecule has 1 amide bonds. The molecule has 2 aromatic rings. The molecule has 1 atom stereocenters. The van der Waals surface area contributed by atoms with Crippen molar-refractivity contribution in [2.75, 3.05) is 6.54 Å². The average molecular weight is 386 g/mol. The van der Waals surface area contributed by atoms with E-state index in [2.05, 4.69) is 28.7 Å². The molecule has 1 aliphatic heterocycles. The van der Waals surface area contributed by atoms with E-state index in [1.54, 1.807) is 12.1 Å². The van der Waals surface area contributed by atoms with Crippen LogP contribution >= 0.6 is 11.6 Å². The number of rotatable bonds is 7. The van der Waals surface area contributed by atoms with Crippen LogP contribution in [0.4, 0.5) is 4.39 Å². The van der Waals surface area contributed by atoms with Crippen LogP contribution in [0.3, 0.4) is 0 Å². The van der Waals surface area contributed by atoms with E-state index in [0.29, 0.717) is 30.3 Å². The van der Waals surface area contributed by atoms with Gasteiger partial charge in [0.25, 0.3) is 0 Å². The van der Waals surface area contributed by atoms with Crippen LogP contribution in [-0.2, 0) is 16.9 Å². The lowest BCUT2D eigenvalue weighted by Crippen LogP contribution is -2.49. The lowest BCUT2D eigenvalue weighted by molar-refractivity contribution is -0.109. The third-order valence-corrected chi connectivity index (χ3v) is 5.01.